The van der Waals surface area contributed by atoms with E-state index in [9.17, 15) is 26.7 Å². The molecular formula is C24H19F5N4O3. The summed E-state index contributed by atoms with van der Waals surface area (Å²) >= 11 is 0. The summed E-state index contributed by atoms with van der Waals surface area (Å²) in [6.07, 6.45) is 2.30. The van der Waals surface area contributed by atoms with Crippen molar-refractivity contribution in [2.45, 2.75) is 33.9 Å². The minimum Gasteiger partial charge on any atom is -0.488 e. The van der Waals surface area contributed by atoms with Gasteiger partial charge in [0.15, 0.2) is 29.0 Å². The molecule has 1 amide bonds. The third kappa shape index (κ3) is 4.66. The maximum absolute atomic E-state index is 14.0. The number of nitrogens with one attached hydrogen (secondary N) is 1. The molecule has 188 valence electrons. The van der Waals surface area contributed by atoms with Crippen LogP contribution in [0.1, 0.15) is 38.5 Å². The maximum atomic E-state index is 14.0. The number of halogens is 5. The van der Waals surface area contributed by atoms with Crippen molar-refractivity contribution in [1.29, 1.82) is 0 Å². The molecule has 0 saturated carbocycles. The monoisotopic (exact) mass is 506 g/mol. The molecule has 7 nitrogen and oxygen atoms in total. The number of rotatable bonds is 7. The van der Waals surface area contributed by atoms with Crippen molar-refractivity contribution >= 4 is 11.6 Å². The van der Waals surface area contributed by atoms with Crippen molar-refractivity contribution < 1.29 is 36.0 Å². The van der Waals surface area contributed by atoms with Crippen molar-refractivity contribution in [1.82, 2.24) is 14.9 Å². The van der Waals surface area contributed by atoms with Gasteiger partial charge in [0, 0.05) is 6.20 Å². The average molecular weight is 506 g/mol. The predicted molar refractivity (Wildman–Crippen MR) is 117 cm³/mol. The van der Waals surface area contributed by atoms with Gasteiger partial charge in [-0.2, -0.15) is 5.10 Å². The van der Waals surface area contributed by atoms with E-state index in [0.29, 0.717) is 17.1 Å². The van der Waals surface area contributed by atoms with Crippen LogP contribution in [0.2, 0.25) is 0 Å². The van der Waals surface area contributed by atoms with Gasteiger partial charge < -0.3 is 14.6 Å². The van der Waals surface area contributed by atoms with Gasteiger partial charge in [0.2, 0.25) is 5.82 Å². The van der Waals surface area contributed by atoms with Crippen LogP contribution in [-0.2, 0) is 13.2 Å². The van der Waals surface area contributed by atoms with E-state index in [1.54, 1.807) is 13.0 Å². The molecule has 2 heterocycles. The fourth-order valence-corrected chi connectivity index (χ4v) is 3.43. The highest BCUT2D eigenvalue weighted by molar-refractivity contribution is 6.03. The molecular weight excluding hydrogens is 487 g/mol. The molecule has 4 aromatic rings. The third-order valence-corrected chi connectivity index (χ3v) is 5.64. The summed E-state index contributed by atoms with van der Waals surface area (Å²) in [5, 5.41) is 10.1. The zero-order valence-corrected chi connectivity index (χ0v) is 19.3. The average Bonchev–Trinajstić information content (AvgIpc) is 3.46. The lowest BCUT2D eigenvalue weighted by atomic mass is 10.1. The van der Waals surface area contributed by atoms with E-state index in [1.165, 1.54) is 0 Å². The molecule has 36 heavy (non-hydrogen) atoms. The van der Waals surface area contributed by atoms with Crippen LogP contribution >= 0.6 is 0 Å². The van der Waals surface area contributed by atoms with Crippen LogP contribution in [0.4, 0.5) is 27.6 Å². The summed E-state index contributed by atoms with van der Waals surface area (Å²) < 4.78 is 80.0. The van der Waals surface area contributed by atoms with Crippen LogP contribution in [-0.4, -0.2) is 20.8 Å². The van der Waals surface area contributed by atoms with E-state index in [0.717, 1.165) is 28.2 Å². The summed E-state index contributed by atoms with van der Waals surface area (Å²) in [4.78, 5) is 12.8. The fraction of sp³-hybridized carbons (Fsp3) is 0.208. The molecule has 2 aromatic heterocycles. The maximum Gasteiger partial charge on any atom is 0.278 e. The van der Waals surface area contributed by atoms with Crippen LogP contribution in [0.25, 0.3) is 0 Å². The number of aromatic nitrogens is 3. The lowest BCUT2D eigenvalue weighted by Gasteiger charge is -2.11. The number of hydrogen-bond donors (Lipinski definition) is 1. The number of carbonyl (C=O) groups is 1. The number of carbonyl (C=O) groups excluding carboxylic acids is 1. The van der Waals surface area contributed by atoms with Crippen molar-refractivity contribution in [2.75, 3.05) is 5.32 Å². The fourth-order valence-electron chi connectivity index (χ4n) is 3.43. The molecule has 0 saturated heterocycles. The number of ether oxygens (including phenoxy) is 1. The predicted octanol–water partition coefficient (Wildman–Crippen LogP) is 5.37. The first-order chi connectivity index (χ1) is 17.1. The van der Waals surface area contributed by atoms with E-state index in [1.807, 2.05) is 26.0 Å². The Morgan fingerprint density at radius 2 is 1.67 bits per heavy atom. The van der Waals surface area contributed by atoms with Crippen LogP contribution < -0.4 is 10.1 Å². The summed E-state index contributed by atoms with van der Waals surface area (Å²) in [6, 6.07) is 5.58. The van der Waals surface area contributed by atoms with Crippen molar-refractivity contribution in [3.8, 4) is 5.75 Å². The molecule has 2 aromatic carbocycles. The highest BCUT2D eigenvalue weighted by atomic mass is 19.2. The van der Waals surface area contributed by atoms with Crippen molar-refractivity contribution in [3.05, 3.63) is 93.4 Å². The zero-order valence-electron chi connectivity index (χ0n) is 19.3. The number of aryl methyl sites for hydroxylation is 2. The smallest absolute Gasteiger partial charge is 0.278 e. The van der Waals surface area contributed by atoms with Gasteiger partial charge in [0.1, 0.15) is 18.1 Å². The Morgan fingerprint density at radius 3 is 2.36 bits per heavy atom. The van der Waals surface area contributed by atoms with Gasteiger partial charge in [-0.05, 0) is 38.0 Å². The topological polar surface area (TPSA) is 82.2 Å². The first-order valence-electron chi connectivity index (χ1n) is 10.6. The molecule has 0 spiro atoms. The van der Waals surface area contributed by atoms with E-state index in [2.05, 4.69) is 15.6 Å². The first-order valence-corrected chi connectivity index (χ1v) is 10.6. The minimum atomic E-state index is -2.25. The highest BCUT2D eigenvalue weighted by Crippen LogP contribution is 2.25. The second-order valence-electron chi connectivity index (χ2n) is 7.98. The molecule has 0 aliphatic rings. The number of amides is 1. The second kappa shape index (κ2) is 9.80. The molecule has 0 unspecified atom stereocenters. The highest BCUT2D eigenvalue weighted by Gasteiger charge is 2.26. The molecule has 0 aliphatic heterocycles. The number of anilines is 1. The molecule has 0 atom stereocenters. The number of hydrogen-bond acceptors (Lipinski definition) is 5. The standard InChI is InChI=1S/C24H19F5N4O3/c1-11-5-4-6-17(12(11)2)35-10-16-13(3)36-32-23(16)24(34)31-14-7-30-33(8-14)9-15-18(25)20(27)22(29)21(28)19(15)26/h4-8H,9-10H2,1-3H3,(H,31,34). The van der Waals surface area contributed by atoms with E-state index in [4.69, 9.17) is 9.26 Å². The Bertz CT molecular complexity index is 1440. The normalized spacial score (nSPS) is 11.1. The van der Waals surface area contributed by atoms with Gasteiger partial charge in [0.05, 0.1) is 29.6 Å². The molecule has 4 rings (SSSR count). The Labute approximate surface area is 201 Å². The van der Waals surface area contributed by atoms with Crippen molar-refractivity contribution in [2.24, 2.45) is 0 Å². The van der Waals surface area contributed by atoms with Crippen LogP contribution in [0, 0.1) is 49.9 Å². The number of nitrogens with zero attached hydrogens (tertiary/aromatic N) is 3. The summed E-state index contributed by atoms with van der Waals surface area (Å²) in [5.74, 6) is -9.95. The quantitative estimate of drug-likeness (QED) is 0.207. The molecule has 1 N–H and O–H groups in total. The molecule has 0 bridgehead atoms. The lowest BCUT2D eigenvalue weighted by molar-refractivity contribution is 0.101. The van der Waals surface area contributed by atoms with E-state index >= 15 is 0 Å². The Kier molecular flexibility index (Phi) is 6.77. The molecule has 0 fully saturated rings. The van der Waals surface area contributed by atoms with Crippen LogP contribution in [0.15, 0.2) is 35.1 Å². The Morgan fingerprint density at radius 1 is 1.00 bits per heavy atom. The van der Waals surface area contributed by atoms with Gasteiger partial charge in [-0.1, -0.05) is 17.3 Å². The summed E-state index contributed by atoms with van der Waals surface area (Å²) in [5.41, 5.74) is 1.36. The SMILES string of the molecule is Cc1cccc(OCc2c(C(=O)Nc3cnn(Cc4c(F)c(F)c(F)c(F)c4F)c3)noc2C)c1C. The van der Waals surface area contributed by atoms with Crippen LogP contribution in [0.3, 0.4) is 0 Å². The molecule has 0 aliphatic carbocycles. The van der Waals surface area contributed by atoms with Gasteiger partial charge in [-0.3, -0.25) is 9.48 Å². The minimum absolute atomic E-state index is 0.00188. The number of benzene rings is 2. The van der Waals surface area contributed by atoms with Gasteiger partial charge in [-0.15, -0.1) is 0 Å². The van der Waals surface area contributed by atoms with Gasteiger partial charge in [-0.25, -0.2) is 22.0 Å². The third-order valence-electron chi connectivity index (χ3n) is 5.64. The lowest BCUT2D eigenvalue weighted by Crippen LogP contribution is -2.15. The molecule has 0 radical (unpaired) electrons. The Balaban J connectivity index is 1.49. The zero-order chi connectivity index (χ0) is 26.1. The van der Waals surface area contributed by atoms with Gasteiger partial charge >= 0.3 is 0 Å². The van der Waals surface area contributed by atoms with Gasteiger partial charge in [0.25, 0.3) is 5.91 Å². The molecule has 12 heteroatoms. The van der Waals surface area contributed by atoms with E-state index < -0.39 is 47.1 Å². The summed E-state index contributed by atoms with van der Waals surface area (Å²) in [7, 11) is 0. The van der Waals surface area contributed by atoms with E-state index in [-0.39, 0.29) is 18.0 Å². The first kappa shape index (κ1) is 24.9. The second-order valence-corrected chi connectivity index (χ2v) is 7.98. The summed E-state index contributed by atoms with van der Waals surface area (Å²) in [6.45, 7) is 4.70. The Hall–Kier alpha value is -4.22. The van der Waals surface area contributed by atoms with Crippen molar-refractivity contribution in [3.63, 3.8) is 0 Å². The van der Waals surface area contributed by atoms with Crippen LogP contribution in [0.5, 0.6) is 5.75 Å². The largest absolute Gasteiger partial charge is 0.488 e.